The summed E-state index contributed by atoms with van der Waals surface area (Å²) in [6, 6.07) is 3.01. The van der Waals surface area contributed by atoms with Crippen LogP contribution in [-0.4, -0.2) is 28.0 Å². The van der Waals surface area contributed by atoms with Crippen LogP contribution in [0.1, 0.15) is 80.8 Å². The Labute approximate surface area is 153 Å². The molecule has 0 amide bonds. The van der Waals surface area contributed by atoms with Crippen LogP contribution in [-0.2, 0) is 5.41 Å². The van der Waals surface area contributed by atoms with Gasteiger partial charge in [0.15, 0.2) is 0 Å². The van der Waals surface area contributed by atoms with Gasteiger partial charge in [-0.2, -0.15) is 0 Å². The van der Waals surface area contributed by atoms with Crippen LogP contribution in [0.15, 0.2) is 6.07 Å². The van der Waals surface area contributed by atoms with E-state index in [0.717, 1.165) is 11.8 Å². The van der Waals surface area contributed by atoms with E-state index in [1.165, 1.54) is 74.9 Å². The number of nitrogens with zero attached hydrogens (tertiary/aromatic N) is 2. The summed E-state index contributed by atoms with van der Waals surface area (Å²) in [4.78, 5) is 7.94. The van der Waals surface area contributed by atoms with Crippen LogP contribution in [0.5, 0.6) is 0 Å². The van der Waals surface area contributed by atoms with E-state index in [0.29, 0.717) is 17.0 Å². The van der Waals surface area contributed by atoms with Crippen LogP contribution in [0.2, 0.25) is 0 Å². The van der Waals surface area contributed by atoms with E-state index in [2.05, 4.69) is 38.7 Å². The molecule has 2 saturated carbocycles. The van der Waals surface area contributed by atoms with Crippen molar-refractivity contribution in [2.45, 2.75) is 96.1 Å². The molecule has 4 unspecified atom stereocenters. The van der Waals surface area contributed by atoms with Crippen molar-refractivity contribution in [1.82, 2.24) is 9.88 Å². The van der Waals surface area contributed by atoms with Crippen LogP contribution in [0, 0.1) is 32.6 Å². The Morgan fingerprint density at radius 1 is 1.08 bits per heavy atom. The minimum Gasteiger partial charge on any atom is -0.294 e. The topological polar surface area (TPSA) is 16.1 Å². The van der Waals surface area contributed by atoms with Gasteiger partial charge < -0.3 is 0 Å². The average Bonchev–Trinajstić information content (AvgIpc) is 2.56. The summed E-state index contributed by atoms with van der Waals surface area (Å²) < 4.78 is 0. The summed E-state index contributed by atoms with van der Waals surface area (Å²) in [5.41, 5.74) is 6.53. The van der Waals surface area contributed by atoms with Crippen LogP contribution >= 0.6 is 0 Å². The molecule has 136 valence electrons. The lowest BCUT2D eigenvalue weighted by Crippen LogP contribution is -2.75. The van der Waals surface area contributed by atoms with Crippen molar-refractivity contribution in [1.29, 1.82) is 0 Å². The lowest BCUT2D eigenvalue weighted by Gasteiger charge is -2.71. The Bertz CT molecular complexity index is 679. The molecular weight excluding hydrogens is 304 g/mol. The summed E-state index contributed by atoms with van der Waals surface area (Å²) >= 11 is 0. The zero-order valence-corrected chi connectivity index (χ0v) is 16.6. The zero-order valence-electron chi connectivity index (χ0n) is 16.6. The lowest BCUT2D eigenvalue weighted by molar-refractivity contribution is -0.182. The van der Waals surface area contributed by atoms with Crippen molar-refractivity contribution >= 4 is 0 Å². The lowest BCUT2D eigenvalue weighted by atomic mass is 9.46. The fourth-order valence-corrected chi connectivity index (χ4v) is 8.08. The molecule has 2 aliphatic carbocycles. The minimum absolute atomic E-state index is 0.364. The van der Waals surface area contributed by atoms with Gasteiger partial charge in [-0.1, -0.05) is 19.3 Å². The van der Waals surface area contributed by atoms with Gasteiger partial charge in [-0.25, -0.2) is 0 Å². The van der Waals surface area contributed by atoms with Gasteiger partial charge in [0.25, 0.3) is 0 Å². The average molecular weight is 339 g/mol. The monoisotopic (exact) mass is 338 g/mol. The maximum atomic E-state index is 4.91. The van der Waals surface area contributed by atoms with Gasteiger partial charge in [-0.15, -0.1) is 0 Å². The minimum atomic E-state index is 0.364. The van der Waals surface area contributed by atoms with Gasteiger partial charge in [0.05, 0.1) is 0 Å². The normalized spacial score (nSPS) is 41.4. The van der Waals surface area contributed by atoms with Crippen LogP contribution in [0.25, 0.3) is 0 Å². The second kappa shape index (κ2) is 5.31. The molecule has 1 aromatic rings. The third-order valence-electron chi connectivity index (χ3n) is 8.68. The Kier molecular flexibility index (Phi) is 3.46. The first kappa shape index (κ1) is 16.3. The van der Waals surface area contributed by atoms with E-state index in [9.17, 15) is 0 Å². The highest BCUT2D eigenvalue weighted by atomic mass is 15.3. The largest absolute Gasteiger partial charge is 0.294 e. The highest BCUT2D eigenvalue weighted by molar-refractivity contribution is 5.42. The highest BCUT2D eigenvalue weighted by Crippen LogP contribution is 2.64. The summed E-state index contributed by atoms with van der Waals surface area (Å²) in [6.07, 6.45) is 11.7. The maximum Gasteiger partial charge on any atom is 0.0416 e. The van der Waals surface area contributed by atoms with Gasteiger partial charge in [-0.3, -0.25) is 9.88 Å². The van der Waals surface area contributed by atoms with Gasteiger partial charge in [0.2, 0.25) is 0 Å². The Balaban J connectivity index is 1.63. The number of piperidine rings is 3. The van der Waals surface area contributed by atoms with Crippen LogP contribution in [0.4, 0.5) is 0 Å². The summed E-state index contributed by atoms with van der Waals surface area (Å²) in [5, 5.41) is 0. The molecule has 25 heavy (non-hydrogen) atoms. The molecule has 4 bridgehead atoms. The number of aromatic nitrogens is 1. The first-order chi connectivity index (χ1) is 12.0. The van der Waals surface area contributed by atoms with Gasteiger partial charge in [0, 0.05) is 34.9 Å². The number of pyridine rings is 1. The molecule has 2 heteroatoms. The van der Waals surface area contributed by atoms with E-state index < -0.39 is 0 Å². The van der Waals surface area contributed by atoms with E-state index in [1.54, 1.807) is 5.56 Å². The zero-order chi connectivity index (χ0) is 17.4. The molecule has 0 aromatic carbocycles. The van der Waals surface area contributed by atoms with E-state index in [-0.39, 0.29) is 0 Å². The standard InChI is InChI=1S/C23H34N2/c1-15-10-16(2)24-17(3)21(15)22-12-19-11-20(13-22)23(8-6-5-7-9-23)25(14-19)18(22)4/h10,18-20H,5-9,11-14H2,1-4H3/t18-,19?,20?,22?/m1/s1. The maximum absolute atomic E-state index is 4.91. The molecule has 0 N–H and O–H groups in total. The first-order valence-electron chi connectivity index (χ1n) is 10.7. The fraction of sp³-hybridized carbons (Fsp3) is 0.783. The second-order valence-corrected chi connectivity index (χ2v) is 9.90. The third-order valence-corrected chi connectivity index (χ3v) is 8.68. The summed E-state index contributed by atoms with van der Waals surface area (Å²) in [7, 11) is 0. The van der Waals surface area contributed by atoms with E-state index in [4.69, 9.17) is 4.98 Å². The molecule has 2 nitrogen and oxygen atoms in total. The van der Waals surface area contributed by atoms with Crippen molar-refractivity contribution in [3.8, 4) is 0 Å². The number of hydrogen-bond acceptors (Lipinski definition) is 2. The fourth-order valence-electron chi connectivity index (χ4n) is 8.08. The summed E-state index contributed by atoms with van der Waals surface area (Å²) in [6.45, 7) is 10.7. The van der Waals surface area contributed by atoms with Gasteiger partial charge in [0.1, 0.15) is 0 Å². The van der Waals surface area contributed by atoms with Crippen molar-refractivity contribution in [3.63, 3.8) is 0 Å². The first-order valence-corrected chi connectivity index (χ1v) is 10.7. The molecule has 5 atom stereocenters. The van der Waals surface area contributed by atoms with E-state index >= 15 is 0 Å². The number of rotatable bonds is 1. The van der Waals surface area contributed by atoms with Crippen LogP contribution in [0.3, 0.4) is 0 Å². The van der Waals surface area contributed by atoms with Crippen LogP contribution < -0.4 is 0 Å². The molecule has 4 heterocycles. The summed E-state index contributed by atoms with van der Waals surface area (Å²) in [5.74, 6) is 1.85. The predicted octanol–water partition coefficient (Wildman–Crippen LogP) is 5.08. The Hall–Kier alpha value is -0.890. The molecule has 6 rings (SSSR count). The van der Waals surface area contributed by atoms with E-state index in [1.807, 2.05) is 0 Å². The molecule has 5 fully saturated rings. The molecule has 0 radical (unpaired) electrons. The SMILES string of the molecule is Cc1cc(C)c(C23CC4CC(C2)C2(CCCCC2)N(C4)[C@@H]3C)c(C)n1. The van der Waals surface area contributed by atoms with Crippen molar-refractivity contribution in [3.05, 3.63) is 28.6 Å². The number of aryl methyl sites for hydroxylation is 3. The number of hydrogen-bond donors (Lipinski definition) is 0. The molecule has 1 aromatic heterocycles. The van der Waals surface area contributed by atoms with Crippen molar-refractivity contribution in [2.24, 2.45) is 11.8 Å². The third kappa shape index (κ3) is 2.04. The molecule has 3 aliphatic heterocycles. The smallest absolute Gasteiger partial charge is 0.0416 e. The Morgan fingerprint density at radius 3 is 2.56 bits per heavy atom. The Morgan fingerprint density at radius 2 is 1.84 bits per heavy atom. The molecule has 1 spiro atoms. The molecule has 3 saturated heterocycles. The highest BCUT2D eigenvalue weighted by Gasteiger charge is 2.64. The van der Waals surface area contributed by atoms with Crippen molar-refractivity contribution in [2.75, 3.05) is 6.54 Å². The quantitative estimate of drug-likeness (QED) is 0.710. The van der Waals surface area contributed by atoms with Gasteiger partial charge in [-0.05, 0) is 88.8 Å². The predicted molar refractivity (Wildman–Crippen MR) is 103 cm³/mol. The van der Waals surface area contributed by atoms with Crippen molar-refractivity contribution < 1.29 is 0 Å². The molecule has 5 aliphatic rings. The second-order valence-electron chi connectivity index (χ2n) is 9.90. The van der Waals surface area contributed by atoms with Gasteiger partial charge >= 0.3 is 0 Å². The molecular formula is C23H34N2.